The van der Waals surface area contributed by atoms with E-state index in [1.807, 2.05) is 0 Å². The van der Waals surface area contributed by atoms with Crippen molar-refractivity contribution in [1.82, 2.24) is 0 Å². The third kappa shape index (κ3) is 0.739. The zero-order valence-corrected chi connectivity index (χ0v) is 8.22. The summed E-state index contributed by atoms with van der Waals surface area (Å²) in [5.74, 6) is -0.751. The third-order valence-electron chi connectivity index (χ3n) is 3.16. The fourth-order valence-corrected chi connectivity index (χ4v) is 2.02. The van der Waals surface area contributed by atoms with Gasteiger partial charge in [0.2, 0.25) is 0 Å². The van der Waals surface area contributed by atoms with Crippen molar-refractivity contribution in [3.05, 3.63) is 48.6 Å². The molecule has 0 aromatic heterocycles. The van der Waals surface area contributed by atoms with E-state index in [1.165, 1.54) is 0 Å². The lowest BCUT2D eigenvalue weighted by molar-refractivity contribution is -0.159. The quantitative estimate of drug-likeness (QED) is 0.544. The monoisotopic (exact) mass is 188 g/mol. The van der Waals surface area contributed by atoms with Crippen LogP contribution in [0.25, 0.3) is 0 Å². The Labute approximate surface area is 83.3 Å². The van der Waals surface area contributed by atoms with E-state index < -0.39 is 11.5 Å². The van der Waals surface area contributed by atoms with Gasteiger partial charge in [-0.2, -0.15) is 0 Å². The van der Waals surface area contributed by atoms with Gasteiger partial charge in [0.15, 0.2) is 5.60 Å². The van der Waals surface area contributed by atoms with E-state index in [4.69, 9.17) is 4.74 Å². The average molecular weight is 188 g/mol. The van der Waals surface area contributed by atoms with E-state index in [1.54, 1.807) is 6.92 Å². The fourth-order valence-electron chi connectivity index (χ4n) is 2.02. The lowest BCUT2D eigenvalue weighted by Gasteiger charge is -2.48. The third-order valence-corrected chi connectivity index (χ3v) is 3.16. The molecule has 0 atom stereocenters. The molecule has 1 aliphatic carbocycles. The van der Waals surface area contributed by atoms with Gasteiger partial charge in [-0.15, -0.1) is 0 Å². The van der Waals surface area contributed by atoms with Gasteiger partial charge in [-0.3, -0.25) is 4.79 Å². The number of hydrogen-bond acceptors (Lipinski definition) is 2. The number of carbonyl (C=O) groups is 1. The van der Waals surface area contributed by atoms with Gasteiger partial charge < -0.3 is 4.74 Å². The van der Waals surface area contributed by atoms with E-state index in [0.29, 0.717) is 11.1 Å². The highest BCUT2D eigenvalue weighted by molar-refractivity contribution is 5.89. The molecule has 2 nitrogen and oxygen atoms in total. The summed E-state index contributed by atoms with van der Waals surface area (Å²) in [6, 6.07) is 0. The van der Waals surface area contributed by atoms with E-state index in [0.717, 1.165) is 11.1 Å². The zero-order valence-electron chi connectivity index (χ0n) is 8.22. The van der Waals surface area contributed by atoms with Crippen LogP contribution in [0.3, 0.4) is 0 Å². The lowest BCUT2D eigenvalue weighted by Crippen LogP contribution is -2.51. The summed E-state index contributed by atoms with van der Waals surface area (Å²) >= 11 is 0. The molecular formula is C12H12O2. The molecule has 0 unspecified atom stereocenters. The summed E-state index contributed by atoms with van der Waals surface area (Å²) in [5, 5.41) is 0. The molecule has 0 aromatic rings. The molecule has 3 fully saturated rings. The van der Waals surface area contributed by atoms with Crippen molar-refractivity contribution < 1.29 is 9.53 Å². The van der Waals surface area contributed by atoms with E-state index in [2.05, 4.69) is 26.3 Å². The van der Waals surface area contributed by atoms with Crippen LogP contribution in [-0.4, -0.2) is 11.6 Å². The van der Waals surface area contributed by atoms with Crippen molar-refractivity contribution in [1.29, 1.82) is 0 Å². The molecule has 0 amide bonds. The van der Waals surface area contributed by atoms with Gasteiger partial charge in [0.1, 0.15) is 5.92 Å². The fraction of sp³-hybridized carbons (Fsp3) is 0.250. The molecular weight excluding hydrogens is 176 g/mol. The van der Waals surface area contributed by atoms with Crippen molar-refractivity contribution in [3.8, 4) is 0 Å². The molecule has 2 aliphatic heterocycles. The Morgan fingerprint density at radius 1 is 1.14 bits per heavy atom. The maximum Gasteiger partial charge on any atom is 0.319 e. The average Bonchev–Trinajstić information content (AvgIpc) is 2.10. The molecule has 3 rings (SSSR count). The largest absolute Gasteiger partial charge is 0.449 e. The van der Waals surface area contributed by atoms with Crippen LogP contribution in [0.2, 0.25) is 0 Å². The van der Waals surface area contributed by atoms with Crippen LogP contribution in [0.5, 0.6) is 0 Å². The second-order valence-electron chi connectivity index (χ2n) is 3.89. The highest BCUT2D eigenvalue weighted by atomic mass is 16.6. The Morgan fingerprint density at radius 2 is 1.57 bits per heavy atom. The molecule has 2 saturated heterocycles. The van der Waals surface area contributed by atoms with Gasteiger partial charge in [-0.25, -0.2) is 0 Å². The first-order valence-corrected chi connectivity index (χ1v) is 4.39. The Kier molecular flexibility index (Phi) is 1.46. The molecule has 14 heavy (non-hydrogen) atoms. The van der Waals surface area contributed by atoms with E-state index in [-0.39, 0.29) is 5.97 Å². The molecule has 0 radical (unpaired) electrons. The SMILES string of the molecule is C=C1C(=C)C2(C)OC(=O)C1C(=C)C2=C. The second-order valence-corrected chi connectivity index (χ2v) is 3.89. The Morgan fingerprint density at radius 3 is 2.00 bits per heavy atom. The van der Waals surface area contributed by atoms with Crippen LogP contribution in [0, 0.1) is 5.92 Å². The Balaban J connectivity index is 2.66. The maximum absolute atomic E-state index is 11.5. The highest BCUT2D eigenvalue weighted by Crippen LogP contribution is 2.51. The van der Waals surface area contributed by atoms with Crippen molar-refractivity contribution in [2.45, 2.75) is 12.5 Å². The zero-order chi connectivity index (χ0) is 10.7. The molecule has 2 bridgehead atoms. The minimum atomic E-state index is -0.819. The van der Waals surface area contributed by atoms with Gasteiger partial charge in [-0.1, -0.05) is 26.3 Å². The van der Waals surface area contributed by atoms with Gasteiger partial charge in [0, 0.05) is 0 Å². The maximum atomic E-state index is 11.5. The smallest absolute Gasteiger partial charge is 0.319 e. The van der Waals surface area contributed by atoms with Crippen molar-refractivity contribution >= 4 is 5.97 Å². The standard InChI is InChI=1S/C12H12O2/c1-6-8(3)12(5)9(4)7(2)10(6)11(13)14-12/h10H,1-4H2,5H3. The first-order valence-electron chi connectivity index (χ1n) is 4.39. The van der Waals surface area contributed by atoms with Crippen LogP contribution >= 0.6 is 0 Å². The predicted octanol–water partition coefficient (Wildman–Crippen LogP) is 2.16. The lowest BCUT2D eigenvalue weighted by atomic mass is 9.66. The molecule has 0 spiro atoms. The predicted molar refractivity (Wildman–Crippen MR) is 54.5 cm³/mol. The highest BCUT2D eigenvalue weighted by Gasteiger charge is 2.53. The van der Waals surface area contributed by atoms with Crippen molar-refractivity contribution in [3.63, 3.8) is 0 Å². The van der Waals surface area contributed by atoms with Crippen molar-refractivity contribution in [2.24, 2.45) is 5.92 Å². The number of hydrogen-bond donors (Lipinski definition) is 0. The minimum absolute atomic E-state index is 0.290. The van der Waals surface area contributed by atoms with Gasteiger partial charge in [-0.05, 0) is 29.2 Å². The number of carbonyl (C=O) groups excluding carboxylic acids is 1. The second kappa shape index (κ2) is 2.27. The Bertz CT molecular complexity index is 384. The molecule has 72 valence electrons. The normalized spacial score (nSPS) is 36.4. The topological polar surface area (TPSA) is 26.3 Å². The summed E-state index contributed by atoms with van der Waals surface area (Å²) in [7, 11) is 0. The molecule has 2 heteroatoms. The van der Waals surface area contributed by atoms with Gasteiger partial charge in [0.25, 0.3) is 0 Å². The van der Waals surface area contributed by atoms with Crippen LogP contribution in [0.1, 0.15) is 6.92 Å². The molecule has 2 heterocycles. The first kappa shape index (κ1) is 9.00. The molecule has 3 aliphatic rings. The summed E-state index contributed by atoms with van der Waals surface area (Å²) in [6.45, 7) is 17.3. The molecule has 0 aromatic carbocycles. The van der Waals surface area contributed by atoms with Crippen LogP contribution in [0.15, 0.2) is 48.6 Å². The first-order chi connectivity index (χ1) is 6.39. The molecule has 1 saturated carbocycles. The number of ether oxygens (including phenoxy) is 1. The molecule has 0 N–H and O–H groups in total. The van der Waals surface area contributed by atoms with Crippen LogP contribution < -0.4 is 0 Å². The summed E-state index contributed by atoms with van der Waals surface area (Å²) in [6.07, 6.45) is 0. The summed E-state index contributed by atoms with van der Waals surface area (Å²) < 4.78 is 5.28. The van der Waals surface area contributed by atoms with Gasteiger partial charge in [0.05, 0.1) is 0 Å². The van der Waals surface area contributed by atoms with Gasteiger partial charge >= 0.3 is 5.97 Å². The van der Waals surface area contributed by atoms with Crippen molar-refractivity contribution in [2.75, 3.05) is 0 Å². The number of fused-ring (bicyclic) bond motifs is 3. The van der Waals surface area contributed by atoms with Crippen LogP contribution in [0.4, 0.5) is 0 Å². The van der Waals surface area contributed by atoms with E-state index >= 15 is 0 Å². The summed E-state index contributed by atoms with van der Waals surface area (Å²) in [4.78, 5) is 11.5. The van der Waals surface area contributed by atoms with Crippen LogP contribution in [-0.2, 0) is 9.53 Å². The number of esters is 1. The number of rotatable bonds is 0. The summed E-state index contributed by atoms with van der Waals surface area (Å²) in [5.41, 5.74) is 2.07. The Hall–Kier alpha value is -1.57. The minimum Gasteiger partial charge on any atom is -0.449 e. The van der Waals surface area contributed by atoms with E-state index in [9.17, 15) is 4.79 Å².